The molecule has 0 radical (unpaired) electrons. The van der Waals surface area contributed by atoms with Gasteiger partial charge in [0, 0.05) is 0 Å². The highest BCUT2D eigenvalue weighted by molar-refractivity contribution is 5.31. The first-order valence-corrected chi connectivity index (χ1v) is 11.8. The molecule has 0 N–H and O–H groups in total. The lowest BCUT2D eigenvalue weighted by Gasteiger charge is -2.17. The molecule has 0 aromatic heterocycles. The molecular formula is C29H50. The van der Waals surface area contributed by atoms with Gasteiger partial charge in [0.15, 0.2) is 0 Å². The first-order valence-electron chi connectivity index (χ1n) is 11.8. The Bertz CT molecular complexity index is 545. The van der Waals surface area contributed by atoms with Gasteiger partial charge in [0.25, 0.3) is 0 Å². The predicted molar refractivity (Wildman–Crippen MR) is 137 cm³/mol. The molecule has 0 aromatic rings. The van der Waals surface area contributed by atoms with E-state index in [-0.39, 0.29) is 0 Å². The van der Waals surface area contributed by atoms with E-state index in [1.165, 1.54) is 61.7 Å². The van der Waals surface area contributed by atoms with E-state index in [0.29, 0.717) is 5.92 Å². The summed E-state index contributed by atoms with van der Waals surface area (Å²) >= 11 is 0. The zero-order valence-corrected chi connectivity index (χ0v) is 21.0. The summed E-state index contributed by atoms with van der Waals surface area (Å²) in [7, 11) is 0. The van der Waals surface area contributed by atoms with Crippen molar-refractivity contribution in [2.24, 2.45) is 5.92 Å². The van der Waals surface area contributed by atoms with Crippen molar-refractivity contribution in [3.8, 4) is 0 Å². The standard InChI is InChI=1S/C14H20.C9H16.C6H14/c1-5-14-9-8-13(10-12(14)4)7-6-11(2)3;1-4-6-8-9(3)7-5-2;1-3-5-6-4-2/h6-9,13H,2,5,10H2,1,3-4H3;4,6,8H,5,7H2,1-3H3;3-6H2,1-2H3/b7-6+;6-4-,9-8+;. The Morgan fingerprint density at radius 3 is 2.10 bits per heavy atom. The van der Waals surface area contributed by atoms with Crippen LogP contribution in [0.3, 0.4) is 0 Å². The Morgan fingerprint density at radius 2 is 1.69 bits per heavy atom. The average molecular weight is 399 g/mol. The van der Waals surface area contributed by atoms with Crippen molar-refractivity contribution < 1.29 is 0 Å². The van der Waals surface area contributed by atoms with Gasteiger partial charge in [-0.3, -0.25) is 0 Å². The molecule has 0 heteroatoms. The van der Waals surface area contributed by atoms with E-state index in [1.807, 2.05) is 13.8 Å². The van der Waals surface area contributed by atoms with Crippen molar-refractivity contribution in [1.29, 1.82) is 0 Å². The Balaban J connectivity index is 0. The molecule has 1 rings (SSSR count). The van der Waals surface area contributed by atoms with Gasteiger partial charge in [-0.15, -0.1) is 0 Å². The van der Waals surface area contributed by atoms with Gasteiger partial charge in [0.05, 0.1) is 0 Å². The van der Waals surface area contributed by atoms with Crippen LogP contribution in [0.15, 0.2) is 71.4 Å². The highest BCUT2D eigenvalue weighted by atomic mass is 14.1. The molecule has 1 atom stereocenters. The second-order valence-electron chi connectivity index (χ2n) is 8.09. The second-order valence-corrected chi connectivity index (χ2v) is 8.09. The van der Waals surface area contributed by atoms with Gasteiger partial charge in [0.2, 0.25) is 0 Å². The molecule has 0 aliphatic heterocycles. The zero-order chi connectivity index (χ0) is 22.5. The maximum Gasteiger partial charge on any atom is -0.000977 e. The minimum absolute atomic E-state index is 0.571. The fraction of sp³-hybridized carbons (Fsp3) is 0.586. The largest absolute Gasteiger partial charge is 0.0961 e. The smallest absolute Gasteiger partial charge is 0.000977 e. The molecule has 1 aliphatic carbocycles. The van der Waals surface area contributed by atoms with Crippen molar-refractivity contribution in [1.82, 2.24) is 0 Å². The van der Waals surface area contributed by atoms with Gasteiger partial charge in [-0.2, -0.15) is 0 Å². The number of unbranched alkanes of at least 4 members (excludes halogenated alkanes) is 3. The van der Waals surface area contributed by atoms with Crippen LogP contribution in [0, 0.1) is 5.92 Å². The molecule has 0 spiro atoms. The van der Waals surface area contributed by atoms with Crippen LogP contribution >= 0.6 is 0 Å². The maximum absolute atomic E-state index is 3.87. The number of hydrogen-bond acceptors (Lipinski definition) is 0. The third kappa shape index (κ3) is 19.5. The van der Waals surface area contributed by atoms with E-state index in [1.54, 1.807) is 0 Å². The average Bonchev–Trinajstić information content (AvgIpc) is 2.70. The summed E-state index contributed by atoms with van der Waals surface area (Å²) in [6.07, 6.45) is 25.6. The van der Waals surface area contributed by atoms with Gasteiger partial charge in [-0.25, -0.2) is 0 Å². The molecular weight excluding hydrogens is 348 g/mol. The highest BCUT2D eigenvalue weighted by Gasteiger charge is 2.09. The van der Waals surface area contributed by atoms with Crippen LogP contribution in [-0.2, 0) is 0 Å². The van der Waals surface area contributed by atoms with E-state index < -0.39 is 0 Å². The molecule has 0 aromatic carbocycles. The monoisotopic (exact) mass is 398 g/mol. The summed E-state index contributed by atoms with van der Waals surface area (Å²) in [6, 6.07) is 0. The van der Waals surface area contributed by atoms with Crippen LogP contribution < -0.4 is 0 Å². The number of allylic oxidation sites excluding steroid dienone is 11. The van der Waals surface area contributed by atoms with Crippen LogP contribution in [0.1, 0.15) is 107 Å². The highest BCUT2D eigenvalue weighted by Crippen LogP contribution is 2.26. The molecule has 29 heavy (non-hydrogen) atoms. The first-order chi connectivity index (χ1) is 13.9. The second kappa shape index (κ2) is 21.2. The van der Waals surface area contributed by atoms with E-state index in [0.717, 1.165) is 12.0 Å². The lowest BCUT2D eigenvalue weighted by molar-refractivity contribution is 0.702. The van der Waals surface area contributed by atoms with Gasteiger partial charge < -0.3 is 0 Å². The normalized spacial score (nSPS) is 16.6. The molecule has 1 aliphatic rings. The van der Waals surface area contributed by atoms with Crippen molar-refractivity contribution in [3.63, 3.8) is 0 Å². The third-order valence-electron chi connectivity index (χ3n) is 4.82. The van der Waals surface area contributed by atoms with Crippen molar-refractivity contribution in [3.05, 3.63) is 71.4 Å². The SMILES string of the molecule is C/C=C\C=C(/C)CCC.C=C(C)/C=C/C1C=CC(CC)=C(C)C1.CCCCCC. The molecule has 166 valence electrons. The van der Waals surface area contributed by atoms with Gasteiger partial charge in [-0.05, 0) is 58.4 Å². The van der Waals surface area contributed by atoms with Crippen molar-refractivity contribution >= 4 is 0 Å². The minimum atomic E-state index is 0.571. The summed E-state index contributed by atoms with van der Waals surface area (Å²) in [5.74, 6) is 0.571. The molecule has 0 amide bonds. The van der Waals surface area contributed by atoms with E-state index in [2.05, 4.69) is 90.7 Å². The lowest BCUT2D eigenvalue weighted by atomic mass is 9.89. The summed E-state index contributed by atoms with van der Waals surface area (Å²) in [4.78, 5) is 0. The quantitative estimate of drug-likeness (QED) is 0.267. The lowest BCUT2D eigenvalue weighted by Crippen LogP contribution is -2.00. The van der Waals surface area contributed by atoms with Crippen LogP contribution in [0.2, 0.25) is 0 Å². The topological polar surface area (TPSA) is 0 Å². The fourth-order valence-corrected chi connectivity index (χ4v) is 3.01. The number of rotatable bonds is 9. The van der Waals surface area contributed by atoms with Crippen molar-refractivity contribution in [2.45, 2.75) is 107 Å². The van der Waals surface area contributed by atoms with Crippen molar-refractivity contribution in [2.75, 3.05) is 0 Å². The van der Waals surface area contributed by atoms with Gasteiger partial charge in [-0.1, -0.05) is 126 Å². The van der Waals surface area contributed by atoms with Crippen LogP contribution in [0.5, 0.6) is 0 Å². The molecule has 0 saturated carbocycles. The van der Waals surface area contributed by atoms with E-state index in [9.17, 15) is 0 Å². The molecule has 0 nitrogen and oxygen atoms in total. The molecule has 0 bridgehead atoms. The molecule has 0 fully saturated rings. The summed E-state index contributed by atoms with van der Waals surface area (Å²) in [5.41, 5.74) is 5.63. The van der Waals surface area contributed by atoms with Gasteiger partial charge >= 0.3 is 0 Å². The summed E-state index contributed by atoms with van der Waals surface area (Å²) in [6.45, 7) is 21.2. The van der Waals surface area contributed by atoms with Gasteiger partial charge in [0.1, 0.15) is 0 Å². The van der Waals surface area contributed by atoms with E-state index >= 15 is 0 Å². The molecule has 0 heterocycles. The zero-order valence-electron chi connectivity index (χ0n) is 21.0. The first kappa shape index (κ1) is 29.6. The van der Waals surface area contributed by atoms with Crippen LogP contribution in [0.25, 0.3) is 0 Å². The number of hydrogen-bond donors (Lipinski definition) is 0. The summed E-state index contributed by atoms with van der Waals surface area (Å²) < 4.78 is 0. The van der Waals surface area contributed by atoms with Crippen LogP contribution in [0.4, 0.5) is 0 Å². The molecule has 0 saturated heterocycles. The van der Waals surface area contributed by atoms with E-state index in [4.69, 9.17) is 0 Å². The van der Waals surface area contributed by atoms with Crippen LogP contribution in [-0.4, -0.2) is 0 Å². The fourth-order valence-electron chi connectivity index (χ4n) is 3.01. The summed E-state index contributed by atoms with van der Waals surface area (Å²) in [5, 5.41) is 0. The third-order valence-corrected chi connectivity index (χ3v) is 4.82. The Hall–Kier alpha value is -1.56. The Morgan fingerprint density at radius 1 is 1.07 bits per heavy atom. The Labute approximate surface area is 184 Å². The predicted octanol–water partition coefficient (Wildman–Crippen LogP) is 10.3. The molecule has 1 unspecified atom stereocenters. The maximum atomic E-state index is 3.87. The minimum Gasteiger partial charge on any atom is -0.0961 e. The Kier molecular flexibility index (Phi) is 21.6.